The van der Waals surface area contributed by atoms with Gasteiger partial charge in [-0.3, -0.25) is 19.8 Å². The fourth-order valence-corrected chi connectivity index (χ4v) is 2.05. The van der Waals surface area contributed by atoms with Crippen molar-refractivity contribution in [1.82, 2.24) is 10.2 Å². The van der Waals surface area contributed by atoms with Crippen LogP contribution >= 0.6 is 0 Å². The quantitative estimate of drug-likeness (QED) is 0.681. The van der Waals surface area contributed by atoms with E-state index in [0.29, 0.717) is 11.5 Å². The van der Waals surface area contributed by atoms with Gasteiger partial charge in [-0.15, -0.1) is 0 Å². The number of carboxylic acids is 1. The highest BCUT2D eigenvalue weighted by Gasteiger charge is 2.07. The number of hydrogen-bond donors (Lipinski definition) is 3. The lowest BCUT2D eigenvalue weighted by Crippen LogP contribution is -2.18. The van der Waals surface area contributed by atoms with Crippen molar-refractivity contribution in [1.29, 1.82) is 0 Å². The van der Waals surface area contributed by atoms with Crippen molar-refractivity contribution in [3.63, 3.8) is 0 Å². The molecule has 0 bridgehead atoms. The molecule has 3 rings (SSSR count). The highest BCUT2D eigenvalue weighted by Crippen LogP contribution is 2.24. The van der Waals surface area contributed by atoms with Crippen LogP contribution < -0.4 is 15.9 Å². The highest BCUT2D eigenvalue weighted by atomic mass is 16.5. The minimum Gasteiger partial charge on any atom is -0.478 e. The molecule has 2 aromatic carbocycles. The first-order valence-electron chi connectivity index (χ1n) is 6.30. The van der Waals surface area contributed by atoms with E-state index in [9.17, 15) is 14.4 Å². The number of aromatic carboxylic acids is 1. The summed E-state index contributed by atoms with van der Waals surface area (Å²) in [5.74, 6) is -0.418. The van der Waals surface area contributed by atoms with Gasteiger partial charge in [0, 0.05) is 0 Å². The summed E-state index contributed by atoms with van der Waals surface area (Å²) in [6.07, 6.45) is 0. The normalized spacial score (nSPS) is 10.5. The predicted octanol–water partition coefficient (Wildman–Crippen LogP) is 1.71. The maximum absolute atomic E-state index is 11.7. The monoisotopic (exact) mass is 298 g/mol. The number of rotatable bonds is 3. The summed E-state index contributed by atoms with van der Waals surface area (Å²) >= 11 is 0. The molecule has 0 aliphatic carbocycles. The first-order valence-corrected chi connectivity index (χ1v) is 6.30. The van der Waals surface area contributed by atoms with E-state index in [1.807, 2.05) is 0 Å². The van der Waals surface area contributed by atoms with Crippen LogP contribution in [0, 0.1) is 0 Å². The van der Waals surface area contributed by atoms with Crippen LogP contribution in [0.5, 0.6) is 11.5 Å². The van der Waals surface area contributed by atoms with E-state index < -0.39 is 17.1 Å². The summed E-state index contributed by atoms with van der Waals surface area (Å²) in [5, 5.41) is 13.8. The molecular weight excluding hydrogens is 288 g/mol. The number of benzene rings is 2. The second-order valence-corrected chi connectivity index (χ2v) is 4.55. The second-order valence-electron chi connectivity index (χ2n) is 4.55. The summed E-state index contributed by atoms with van der Waals surface area (Å²) in [7, 11) is 0. The van der Waals surface area contributed by atoms with Gasteiger partial charge in [0.2, 0.25) is 0 Å². The molecule has 0 amide bonds. The Hall–Kier alpha value is -3.35. The molecule has 0 atom stereocenters. The molecule has 0 saturated heterocycles. The Labute approximate surface area is 122 Å². The zero-order valence-electron chi connectivity index (χ0n) is 11.1. The van der Waals surface area contributed by atoms with Gasteiger partial charge in [0.15, 0.2) is 0 Å². The Kier molecular flexibility index (Phi) is 3.23. The number of hydrogen-bond acceptors (Lipinski definition) is 4. The summed E-state index contributed by atoms with van der Waals surface area (Å²) in [5.41, 5.74) is -0.763. The van der Waals surface area contributed by atoms with Crippen LogP contribution in [0.3, 0.4) is 0 Å². The van der Waals surface area contributed by atoms with E-state index in [4.69, 9.17) is 9.84 Å². The van der Waals surface area contributed by atoms with Crippen LogP contribution in [0.15, 0.2) is 52.1 Å². The second kappa shape index (κ2) is 5.21. The lowest BCUT2D eigenvalue weighted by Gasteiger charge is -2.07. The number of nitrogens with one attached hydrogen (secondary N) is 2. The molecule has 0 aliphatic heterocycles. The van der Waals surface area contributed by atoms with Gasteiger partial charge >= 0.3 is 5.97 Å². The fourth-order valence-electron chi connectivity index (χ4n) is 2.05. The summed E-state index contributed by atoms with van der Waals surface area (Å²) in [6, 6.07) is 10.4. The minimum absolute atomic E-state index is 0.0904. The average Bonchev–Trinajstić information content (AvgIpc) is 2.51. The molecule has 1 aromatic heterocycles. The number of carboxylic acid groups (broad SMARTS) is 1. The van der Waals surface area contributed by atoms with Crippen LogP contribution in [-0.2, 0) is 0 Å². The Morgan fingerprint density at radius 1 is 0.909 bits per heavy atom. The van der Waals surface area contributed by atoms with E-state index in [1.165, 1.54) is 30.3 Å². The SMILES string of the molecule is O=C(O)c1cccc(Oc2ccc3c(=O)[nH][nH]c(=O)c3c2)c1. The van der Waals surface area contributed by atoms with Gasteiger partial charge in [-0.1, -0.05) is 6.07 Å². The van der Waals surface area contributed by atoms with Crippen molar-refractivity contribution in [3.8, 4) is 11.5 Å². The van der Waals surface area contributed by atoms with Gasteiger partial charge in [0.1, 0.15) is 11.5 Å². The number of carbonyl (C=O) groups is 1. The van der Waals surface area contributed by atoms with Crippen molar-refractivity contribution in [3.05, 3.63) is 68.7 Å². The van der Waals surface area contributed by atoms with Gasteiger partial charge in [0.05, 0.1) is 16.3 Å². The van der Waals surface area contributed by atoms with Crippen molar-refractivity contribution in [2.75, 3.05) is 0 Å². The summed E-state index contributed by atoms with van der Waals surface area (Å²) in [6.45, 7) is 0. The number of aromatic amines is 2. The molecule has 7 heteroatoms. The number of fused-ring (bicyclic) bond motifs is 1. The van der Waals surface area contributed by atoms with Crippen LogP contribution in [0.4, 0.5) is 0 Å². The Bertz CT molecular complexity index is 987. The van der Waals surface area contributed by atoms with Crippen molar-refractivity contribution >= 4 is 16.7 Å². The molecule has 22 heavy (non-hydrogen) atoms. The average molecular weight is 298 g/mol. The first-order chi connectivity index (χ1) is 10.5. The molecule has 0 unspecified atom stereocenters. The fraction of sp³-hybridized carbons (Fsp3) is 0. The zero-order valence-corrected chi connectivity index (χ0v) is 11.1. The van der Waals surface area contributed by atoms with E-state index in [1.54, 1.807) is 12.1 Å². The molecule has 1 heterocycles. The zero-order chi connectivity index (χ0) is 15.7. The van der Waals surface area contributed by atoms with Crippen molar-refractivity contribution in [2.24, 2.45) is 0 Å². The predicted molar refractivity (Wildman–Crippen MR) is 78.7 cm³/mol. The third-order valence-corrected chi connectivity index (χ3v) is 3.09. The standard InChI is InChI=1S/C15H10N2O5/c18-13-11-5-4-10(7-12(11)14(19)17-16-13)22-9-3-1-2-8(6-9)15(20)21/h1-7H,(H,16,18)(H,17,19)(H,20,21). The molecule has 3 N–H and O–H groups in total. The lowest BCUT2D eigenvalue weighted by atomic mass is 10.2. The van der Waals surface area contributed by atoms with E-state index in [2.05, 4.69) is 10.2 Å². The van der Waals surface area contributed by atoms with Crippen LogP contribution in [-0.4, -0.2) is 21.3 Å². The number of H-pyrrole nitrogens is 2. The Balaban J connectivity index is 2.03. The Morgan fingerprint density at radius 2 is 1.59 bits per heavy atom. The van der Waals surface area contributed by atoms with Gasteiger partial charge in [-0.2, -0.15) is 0 Å². The third-order valence-electron chi connectivity index (χ3n) is 3.09. The van der Waals surface area contributed by atoms with Crippen molar-refractivity contribution in [2.45, 2.75) is 0 Å². The van der Waals surface area contributed by atoms with Crippen LogP contribution in [0.1, 0.15) is 10.4 Å². The number of aromatic nitrogens is 2. The molecule has 0 saturated carbocycles. The lowest BCUT2D eigenvalue weighted by molar-refractivity contribution is 0.0696. The van der Waals surface area contributed by atoms with Gasteiger partial charge in [0.25, 0.3) is 11.1 Å². The topological polar surface area (TPSA) is 112 Å². The molecule has 110 valence electrons. The van der Waals surface area contributed by atoms with E-state index in [0.717, 1.165) is 0 Å². The maximum atomic E-state index is 11.7. The van der Waals surface area contributed by atoms with Crippen LogP contribution in [0.25, 0.3) is 10.8 Å². The summed E-state index contributed by atoms with van der Waals surface area (Å²) < 4.78 is 5.54. The minimum atomic E-state index is -1.06. The van der Waals surface area contributed by atoms with Gasteiger partial charge < -0.3 is 9.84 Å². The first kappa shape index (κ1) is 13.6. The highest BCUT2D eigenvalue weighted by molar-refractivity contribution is 5.88. The summed E-state index contributed by atoms with van der Waals surface area (Å²) in [4.78, 5) is 34.2. The van der Waals surface area contributed by atoms with E-state index >= 15 is 0 Å². The molecule has 0 fully saturated rings. The maximum Gasteiger partial charge on any atom is 0.335 e. The van der Waals surface area contributed by atoms with Crippen LogP contribution in [0.2, 0.25) is 0 Å². The largest absolute Gasteiger partial charge is 0.478 e. The van der Waals surface area contributed by atoms with E-state index in [-0.39, 0.29) is 16.3 Å². The Morgan fingerprint density at radius 3 is 2.32 bits per heavy atom. The molecule has 0 radical (unpaired) electrons. The molecule has 0 aliphatic rings. The third kappa shape index (κ3) is 2.47. The molecule has 0 spiro atoms. The number of ether oxygens (including phenoxy) is 1. The molecular formula is C15H10N2O5. The van der Waals surface area contributed by atoms with Gasteiger partial charge in [-0.05, 0) is 36.4 Å². The van der Waals surface area contributed by atoms with Gasteiger partial charge in [-0.25, -0.2) is 4.79 Å². The van der Waals surface area contributed by atoms with Crippen molar-refractivity contribution < 1.29 is 14.6 Å². The molecule has 7 nitrogen and oxygen atoms in total. The smallest absolute Gasteiger partial charge is 0.335 e. The molecule has 3 aromatic rings.